The molecule has 3 N–H and O–H groups in total. The number of aromatic nitrogens is 2. The number of benzene rings is 1. The van der Waals surface area contributed by atoms with Crippen LogP contribution in [0, 0.1) is 13.8 Å². The molecule has 5 nitrogen and oxygen atoms in total. The summed E-state index contributed by atoms with van der Waals surface area (Å²) in [6.45, 7) is 10.1. The van der Waals surface area contributed by atoms with Gasteiger partial charge >= 0.3 is 0 Å². The molecule has 1 amide bonds. The summed E-state index contributed by atoms with van der Waals surface area (Å²) in [4.78, 5) is 31.9. The number of H-pyrrole nitrogens is 1. The third-order valence-corrected chi connectivity index (χ3v) is 5.20. The van der Waals surface area contributed by atoms with E-state index in [0.717, 1.165) is 16.7 Å². The monoisotopic (exact) mass is 409 g/mol. The standard InChI is InChI=1S/C23H24ClN3O2/c1-12-9-15(23(3,4)5)16(24)10-14(12)19-11-20(28)21(13(2)26-19)17-7-6-8-18(27-17)22(25)29/h6-11H,1-5H3,(H2,25,29)(H,26,28). The first-order valence-electron chi connectivity index (χ1n) is 9.31. The Hall–Kier alpha value is -2.92. The lowest BCUT2D eigenvalue weighted by atomic mass is 9.85. The van der Waals surface area contributed by atoms with E-state index in [1.54, 1.807) is 19.1 Å². The third kappa shape index (κ3) is 4.10. The van der Waals surface area contributed by atoms with E-state index < -0.39 is 5.91 Å². The summed E-state index contributed by atoms with van der Waals surface area (Å²) in [5, 5.41) is 0.663. The molecule has 0 saturated heterocycles. The van der Waals surface area contributed by atoms with Gasteiger partial charge in [-0.15, -0.1) is 0 Å². The highest BCUT2D eigenvalue weighted by molar-refractivity contribution is 6.31. The molecule has 0 fully saturated rings. The normalized spacial score (nSPS) is 11.5. The Morgan fingerprint density at radius 3 is 2.41 bits per heavy atom. The van der Waals surface area contributed by atoms with E-state index in [1.807, 2.05) is 13.0 Å². The molecule has 1 aromatic carbocycles. The van der Waals surface area contributed by atoms with Crippen molar-refractivity contribution in [1.82, 2.24) is 9.97 Å². The van der Waals surface area contributed by atoms with Crippen molar-refractivity contribution in [3.63, 3.8) is 0 Å². The highest BCUT2D eigenvalue weighted by Gasteiger charge is 2.20. The zero-order valence-electron chi connectivity index (χ0n) is 17.2. The fourth-order valence-electron chi connectivity index (χ4n) is 3.41. The van der Waals surface area contributed by atoms with E-state index >= 15 is 0 Å². The number of nitrogens with two attached hydrogens (primary N) is 1. The first-order chi connectivity index (χ1) is 13.5. The van der Waals surface area contributed by atoms with Gasteiger partial charge in [-0.05, 0) is 48.6 Å². The Labute approximate surface area is 175 Å². The average Bonchev–Trinajstić information content (AvgIpc) is 2.62. The van der Waals surface area contributed by atoms with Crippen molar-refractivity contribution in [2.75, 3.05) is 0 Å². The number of primary amides is 1. The van der Waals surface area contributed by atoms with Gasteiger partial charge in [0.1, 0.15) is 5.69 Å². The fourth-order valence-corrected chi connectivity index (χ4v) is 3.86. The van der Waals surface area contributed by atoms with Crippen LogP contribution in [-0.4, -0.2) is 15.9 Å². The molecule has 0 bridgehead atoms. The Morgan fingerprint density at radius 1 is 1.14 bits per heavy atom. The first kappa shape index (κ1) is 20.8. The van der Waals surface area contributed by atoms with Crippen LogP contribution in [0.5, 0.6) is 0 Å². The molecule has 0 unspecified atom stereocenters. The van der Waals surface area contributed by atoms with E-state index in [-0.39, 0.29) is 16.5 Å². The van der Waals surface area contributed by atoms with Crippen LogP contribution in [0.2, 0.25) is 5.02 Å². The van der Waals surface area contributed by atoms with E-state index in [2.05, 4.69) is 36.8 Å². The molecular weight excluding hydrogens is 386 g/mol. The number of pyridine rings is 2. The number of rotatable bonds is 3. The number of nitrogens with zero attached hydrogens (tertiary/aromatic N) is 1. The Bertz CT molecular complexity index is 1170. The van der Waals surface area contributed by atoms with Crippen molar-refractivity contribution in [1.29, 1.82) is 0 Å². The summed E-state index contributed by atoms with van der Waals surface area (Å²) in [5.41, 5.74) is 10.3. The molecular formula is C23H24ClN3O2. The second-order valence-electron chi connectivity index (χ2n) is 8.22. The lowest BCUT2D eigenvalue weighted by Crippen LogP contribution is -2.15. The van der Waals surface area contributed by atoms with Crippen molar-refractivity contribution in [3.05, 3.63) is 74.2 Å². The highest BCUT2D eigenvalue weighted by atomic mass is 35.5. The van der Waals surface area contributed by atoms with Gasteiger partial charge in [-0.25, -0.2) is 4.98 Å². The van der Waals surface area contributed by atoms with E-state index in [1.165, 1.54) is 12.1 Å². The smallest absolute Gasteiger partial charge is 0.267 e. The number of aryl methyl sites for hydroxylation is 2. The number of aromatic amines is 1. The molecule has 0 radical (unpaired) electrons. The third-order valence-electron chi connectivity index (χ3n) is 4.89. The lowest BCUT2D eigenvalue weighted by molar-refractivity contribution is 0.0995. The van der Waals surface area contributed by atoms with Gasteiger partial charge in [-0.1, -0.05) is 44.5 Å². The van der Waals surface area contributed by atoms with Crippen molar-refractivity contribution in [2.45, 2.75) is 40.0 Å². The van der Waals surface area contributed by atoms with Crippen LogP contribution < -0.4 is 11.2 Å². The van der Waals surface area contributed by atoms with Gasteiger partial charge in [0, 0.05) is 28.0 Å². The minimum atomic E-state index is -0.637. The van der Waals surface area contributed by atoms with E-state index in [9.17, 15) is 9.59 Å². The molecule has 0 spiro atoms. The number of hydrogen-bond acceptors (Lipinski definition) is 3. The van der Waals surface area contributed by atoms with Gasteiger partial charge in [-0.3, -0.25) is 9.59 Å². The molecule has 0 saturated carbocycles. The van der Waals surface area contributed by atoms with Crippen LogP contribution in [0.4, 0.5) is 0 Å². The maximum atomic E-state index is 12.9. The molecule has 0 aliphatic heterocycles. The summed E-state index contributed by atoms with van der Waals surface area (Å²) < 4.78 is 0. The minimum Gasteiger partial charge on any atom is -0.364 e. The zero-order chi connectivity index (χ0) is 21.5. The molecule has 0 aliphatic rings. The molecule has 6 heteroatoms. The first-order valence-corrected chi connectivity index (χ1v) is 9.69. The molecule has 3 aromatic rings. The zero-order valence-corrected chi connectivity index (χ0v) is 17.9. The average molecular weight is 410 g/mol. The summed E-state index contributed by atoms with van der Waals surface area (Å²) in [5.74, 6) is -0.637. The van der Waals surface area contributed by atoms with E-state index in [0.29, 0.717) is 27.7 Å². The summed E-state index contributed by atoms with van der Waals surface area (Å²) in [6.07, 6.45) is 0. The molecule has 0 aliphatic carbocycles. The van der Waals surface area contributed by atoms with Crippen molar-refractivity contribution >= 4 is 17.5 Å². The van der Waals surface area contributed by atoms with Crippen LogP contribution in [0.3, 0.4) is 0 Å². The van der Waals surface area contributed by atoms with Crippen molar-refractivity contribution in [3.8, 4) is 22.5 Å². The van der Waals surface area contributed by atoms with Crippen LogP contribution in [0.1, 0.15) is 48.1 Å². The fraction of sp³-hybridized carbons (Fsp3) is 0.261. The number of carbonyl (C=O) groups excluding carboxylic acids is 1. The largest absolute Gasteiger partial charge is 0.364 e. The van der Waals surface area contributed by atoms with Crippen molar-refractivity contribution < 1.29 is 4.79 Å². The number of nitrogens with one attached hydrogen (secondary N) is 1. The Kier molecular flexibility index (Phi) is 5.37. The molecule has 2 aromatic heterocycles. The van der Waals surface area contributed by atoms with Gasteiger partial charge in [-0.2, -0.15) is 0 Å². The summed E-state index contributed by atoms with van der Waals surface area (Å²) in [7, 11) is 0. The lowest BCUT2D eigenvalue weighted by Gasteiger charge is -2.22. The van der Waals surface area contributed by atoms with Crippen LogP contribution in [0.15, 0.2) is 41.2 Å². The topological polar surface area (TPSA) is 88.8 Å². The van der Waals surface area contributed by atoms with Crippen LogP contribution in [0.25, 0.3) is 22.5 Å². The number of carbonyl (C=O) groups is 1. The quantitative estimate of drug-likeness (QED) is 0.652. The van der Waals surface area contributed by atoms with E-state index in [4.69, 9.17) is 17.3 Å². The molecule has 2 heterocycles. The summed E-state index contributed by atoms with van der Waals surface area (Å²) in [6, 6.07) is 10.4. The van der Waals surface area contributed by atoms with Crippen molar-refractivity contribution in [2.24, 2.45) is 5.73 Å². The Balaban J connectivity index is 2.14. The second kappa shape index (κ2) is 7.48. The second-order valence-corrected chi connectivity index (χ2v) is 8.62. The highest BCUT2D eigenvalue weighted by Crippen LogP contribution is 2.35. The Morgan fingerprint density at radius 2 is 1.83 bits per heavy atom. The SMILES string of the molecule is Cc1cc(C(C)(C)C)c(Cl)cc1-c1cc(=O)c(-c2cccc(C(N)=O)n2)c(C)[nH]1. The number of halogens is 1. The predicted molar refractivity (Wildman–Crippen MR) is 117 cm³/mol. The molecule has 0 atom stereocenters. The number of hydrogen-bond donors (Lipinski definition) is 2. The van der Waals surface area contributed by atoms with Gasteiger partial charge in [0.25, 0.3) is 5.91 Å². The predicted octanol–water partition coefficient (Wildman–Crippen LogP) is 4.77. The summed E-state index contributed by atoms with van der Waals surface area (Å²) >= 11 is 6.54. The van der Waals surface area contributed by atoms with Crippen LogP contribution in [-0.2, 0) is 5.41 Å². The molecule has 29 heavy (non-hydrogen) atoms. The van der Waals surface area contributed by atoms with Crippen LogP contribution >= 0.6 is 11.6 Å². The van der Waals surface area contributed by atoms with Gasteiger partial charge in [0.05, 0.1) is 11.3 Å². The molecule has 150 valence electrons. The molecule has 3 rings (SSSR count). The number of amides is 1. The maximum absolute atomic E-state index is 12.9. The van der Waals surface area contributed by atoms with Gasteiger partial charge in [0.2, 0.25) is 0 Å². The van der Waals surface area contributed by atoms with Gasteiger partial charge < -0.3 is 10.7 Å². The van der Waals surface area contributed by atoms with Gasteiger partial charge in [0.15, 0.2) is 5.43 Å². The minimum absolute atomic E-state index is 0.0787. The maximum Gasteiger partial charge on any atom is 0.267 e.